The van der Waals surface area contributed by atoms with Crippen LogP contribution < -0.4 is 0 Å². The number of alkyl halides is 2. The van der Waals surface area contributed by atoms with E-state index in [0.717, 1.165) is 0 Å². The summed E-state index contributed by atoms with van der Waals surface area (Å²) in [6.45, 7) is 1.72. The first-order chi connectivity index (χ1) is 11.4. The third kappa shape index (κ3) is 3.75. The Morgan fingerprint density at radius 1 is 1.08 bits per heavy atom. The molecule has 0 spiro atoms. The highest BCUT2D eigenvalue weighted by Crippen LogP contribution is 2.41. The van der Waals surface area contributed by atoms with Gasteiger partial charge in [0.05, 0.1) is 12.0 Å². The molecule has 2 aromatic carbocycles. The molecule has 0 bridgehead atoms. The van der Waals surface area contributed by atoms with E-state index in [-0.39, 0.29) is 12.2 Å². The summed E-state index contributed by atoms with van der Waals surface area (Å²) in [7, 11) is 0. The maximum absolute atomic E-state index is 12.9. The molecule has 0 saturated carbocycles. The lowest BCUT2D eigenvalue weighted by Gasteiger charge is -2.28. The number of ketones is 1. The molecule has 126 valence electrons. The molecule has 6 heteroatoms. The number of carbonyl (C=O) groups is 2. The second-order valence-electron chi connectivity index (χ2n) is 5.04. The van der Waals surface area contributed by atoms with Crippen molar-refractivity contribution in [1.82, 2.24) is 0 Å². The molecule has 0 radical (unpaired) electrons. The number of hydrogen-bond donors (Lipinski definition) is 0. The molecule has 2 atom stereocenters. The first-order valence-electron chi connectivity index (χ1n) is 7.26. The summed E-state index contributed by atoms with van der Waals surface area (Å²) >= 11 is 18.8. The van der Waals surface area contributed by atoms with E-state index in [9.17, 15) is 9.59 Å². The highest BCUT2D eigenvalue weighted by atomic mass is 35.5. The zero-order chi connectivity index (χ0) is 17.7. The van der Waals surface area contributed by atoms with E-state index in [2.05, 4.69) is 0 Å². The topological polar surface area (TPSA) is 43.4 Å². The third-order valence-electron chi connectivity index (χ3n) is 3.45. The summed E-state index contributed by atoms with van der Waals surface area (Å²) in [6.07, 6.45) is 0. The zero-order valence-corrected chi connectivity index (χ0v) is 15.1. The molecule has 0 amide bonds. The molecule has 0 heterocycles. The largest absolute Gasteiger partial charge is 0.464 e. The maximum Gasteiger partial charge on any atom is 0.337 e. The molecule has 2 unspecified atom stereocenters. The van der Waals surface area contributed by atoms with Crippen molar-refractivity contribution in [3.8, 4) is 0 Å². The fraction of sp³-hybridized carbons (Fsp3) is 0.222. The van der Waals surface area contributed by atoms with Crippen molar-refractivity contribution in [1.29, 1.82) is 0 Å². The lowest BCUT2D eigenvalue weighted by molar-refractivity contribution is -0.145. The van der Waals surface area contributed by atoms with Gasteiger partial charge in [-0.3, -0.25) is 4.79 Å². The monoisotopic (exact) mass is 384 g/mol. The number of rotatable bonds is 6. The van der Waals surface area contributed by atoms with Gasteiger partial charge in [0.2, 0.25) is 4.87 Å². The van der Waals surface area contributed by atoms with Crippen LogP contribution in [0.4, 0.5) is 0 Å². The van der Waals surface area contributed by atoms with Gasteiger partial charge in [0.25, 0.3) is 0 Å². The van der Waals surface area contributed by atoms with E-state index in [1.165, 1.54) is 0 Å². The van der Waals surface area contributed by atoms with E-state index in [4.69, 9.17) is 39.5 Å². The minimum Gasteiger partial charge on any atom is -0.464 e. The van der Waals surface area contributed by atoms with Crippen molar-refractivity contribution in [2.24, 2.45) is 0 Å². The number of carbonyl (C=O) groups excluding carboxylic acids is 2. The summed E-state index contributed by atoms with van der Waals surface area (Å²) in [5.41, 5.74) is 0.772. The number of esters is 1. The van der Waals surface area contributed by atoms with Gasteiger partial charge in [-0.1, -0.05) is 65.7 Å². The van der Waals surface area contributed by atoms with Crippen LogP contribution in [0.15, 0.2) is 54.6 Å². The van der Waals surface area contributed by atoms with Crippen molar-refractivity contribution in [3.63, 3.8) is 0 Å². The lowest BCUT2D eigenvalue weighted by Crippen LogP contribution is -2.46. The smallest absolute Gasteiger partial charge is 0.337 e. The Morgan fingerprint density at radius 2 is 1.67 bits per heavy atom. The van der Waals surface area contributed by atoms with E-state index in [0.29, 0.717) is 10.6 Å². The standard InChI is InChI=1S/C18H15Cl3O3/c1-2-24-17(23)18(21,16(22)13-6-4-3-5-7-13)15(20)12-8-10-14(19)11-9-12/h3-11,15H,2H2,1H3. The number of halogens is 3. The average molecular weight is 386 g/mol. The van der Waals surface area contributed by atoms with Crippen LogP contribution in [0.3, 0.4) is 0 Å². The molecule has 0 N–H and O–H groups in total. The number of ether oxygens (including phenoxy) is 1. The molecule has 0 aromatic heterocycles. The zero-order valence-electron chi connectivity index (χ0n) is 12.8. The Bertz CT molecular complexity index is 716. The minimum atomic E-state index is -2.08. The van der Waals surface area contributed by atoms with E-state index < -0.39 is 22.0 Å². The Labute approximate surface area is 155 Å². The van der Waals surface area contributed by atoms with Crippen LogP contribution in [-0.4, -0.2) is 23.2 Å². The van der Waals surface area contributed by atoms with Gasteiger partial charge in [-0.25, -0.2) is 4.79 Å². The van der Waals surface area contributed by atoms with Gasteiger partial charge >= 0.3 is 5.97 Å². The van der Waals surface area contributed by atoms with E-state index >= 15 is 0 Å². The van der Waals surface area contributed by atoms with Crippen LogP contribution in [0, 0.1) is 0 Å². The molecule has 2 rings (SSSR count). The minimum absolute atomic E-state index is 0.0829. The van der Waals surface area contributed by atoms with Crippen LogP contribution in [0.2, 0.25) is 5.02 Å². The van der Waals surface area contributed by atoms with Crippen molar-refractivity contribution in [2.75, 3.05) is 6.61 Å². The number of Topliss-reactive ketones (excluding diaryl/α,β-unsaturated/α-hetero) is 1. The molecule has 0 aliphatic heterocycles. The second-order valence-corrected chi connectivity index (χ2v) is 6.51. The Hall–Kier alpha value is -1.55. The van der Waals surface area contributed by atoms with Gasteiger partial charge in [-0.05, 0) is 24.6 Å². The van der Waals surface area contributed by atoms with Gasteiger partial charge in [0.1, 0.15) is 0 Å². The van der Waals surface area contributed by atoms with E-state index in [1.807, 2.05) is 0 Å². The van der Waals surface area contributed by atoms with Gasteiger partial charge in [0, 0.05) is 10.6 Å². The predicted octanol–water partition coefficient (Wildman–Crippen LogP) is 5.04. The normalized spacial score (nSPS) is 14.5. The fourth-order valence-electron chi connectivity index (χ4n) is 2.21. The van der Waals surface area contributed by atoms with E-state index in [1.54, 1.807) is 61.5 Å². The van der Waals surface area contributed by atoms with Crippen molar-refractivity contribution >= 4 is 46.6 Å². The fourth-order valence-corrected chi connectivity index (χ4v) is 2.96. The first kappa shape index (κ1) is 18.8. The molecule has 0 fully saturated rings. The Morgan fingerprint density at radius 3 is 2.21 bits per heavy atom. The summed E-state index contributed by atoms with van der Waals surface area (Å²) in [4.78, 5) is 23.3. The maximum atomic E-state index is 12.9. The van der Waals surface area contributed by atoms with Crippen LogP contribution in [0.25, 0.3) is 0 Å². The predicted molar refractivity (Wildman–Crippen MR) is 96.0 cm³/mol. The Balaban J connectivity index is 2.48. The van der Waals surface area contributed by atoms with Crippen molar-refractivity contribution in [3.05, 3.63) is 70.7 Å². The molecule has 0 aliphatic carbocycles. The highest BCUT2D eigenvalue weighted by molar-refractivity contribution is 6.52. The van der Waals surface area contributed by atoms with Crippen LogP contribution in [0.1, 0.15) is 28.2 Å². The van der Waals surface area contributed by atoms with Gasteiger partial charge in [0.15, 0.2) is 5.78 Å². The summed E-state index contributed by atoms with van der Waals surface area (Å²) in [5.74, 6) is -1.49. The van der Waals surface area contributed by atoms with Gasteiger partial charge in [-0.15, -0.1) is 11.6 Å². The third-order valence-corrected chi connectivity index (χ3v) is 4.94. The summed E-state index contributed by atoms with van der Waals surface area (Å²) in [6, 6.07) is 14.7. The molecule has 0 saturated heterocycles. The van der Waals surface area contributed by atoms with Crippen LogP contribution >= 0.6 is 34.8 Å². The summed E-state index contributed by atoms with van der Waals surface area (Å²) in [5, 5.41) is -0.614. The van der Waals surface area contributed by atoms with Crippen LogP contribution in [0.5, 0.6) is 0 Å². The van der Waals surface area contributed by atoms with Gasteiger partial charge in [-0.2, -0.15) is 0 Å². The quantitative estimate of drug-likeness (QED) is 0.303. The van der Waals surface area contributed by atoms with Crippen molar-refractivity contribution < 1.29 is 14.3 Å². The lowest BCUT2D eigenvalue weighted by atomic mass is 9.89. The molecule has 2 aromatic rings. The first-order valence-corrected chi connectivity index (χ1v) is 8.46. The second kappa shape index (κ2) is 8.02. The number of benzene rings is 2. The molecular weight excluding hydrogens is 371 g/mol. The van der Waals surface area contributed by atoms with Gasteiger partial charge < -0.3 is 4.74 Å². The van der Waals surface area contributed by atoms with Crippen LogP contribution in [-0.2, 0) is 9.53 Å². The highest BCUT2D eigenvalue weighted by Gasteiger charge is 2.52. The molecule has 0 aliphatic rings. The average Bonchev–Trinajstić information content (AvgIpc) is 2.61. The van der Waals surface area contributed by atoms with Crippen molar-refractivity contribution in [2.45, 2.75) is 17.2 Å². The Kier molecular flexibility index (Phi) is 6.27. The summed E-state index contributed by atoms with van der Waals surface area (Å²) < 4.78 is 5.01. The number of hydrogen-bond acceptors (Lipinski definition) is 3. The molecule has 24 heavy (non-hydrogen) atoms. The SMILES string of the molecule is CCOC(=O)C(Cl)(C(=O)c1ccccc1)C(Cl)c1ccc(Cl)cc1. The molecular formula is C18H15Cl3O3. The molecule has 3 nitrogen and oxygen atoms in total.